The molecule has 0 fully saturated rings. The lowest BCUT2D eigenvalue weighted by molar-refractivity contribution is 0.476. The molecule has 8 aromatic carbocycles. The summed E-state index contributed by atoms with van der Waals surface area (Å²) in [6, 6.07) is 64.7. The van der Waals surface area contributed by atoms with Gasteiger partial charge in [0.1, 0.15) is 10.5 Å². The predicted molar refractivity (Wildman–Crippen MR) is 240 cm³/mol. The second-order valence-electron chi connectivity index (χ2n) is 15.0. The fourth-order valence-corrected chi connectivity index (χ4v) is 10.2. The van der Waals surface area contributed by atoms with Crippen molar-refractivity contribution in [2.24, 2.45) is 0 Å². The number of benzene rings is 8. The first-order valence-corrected chi connectivity index (χ1v) is 20.3. The second-order valence-corrected chi connectivity index (χ2v) is 16.0. The van der Waals surface area contributed by atoms with Crippen molar-refractivity contribution in [3.63, 3.8) is 0 Å². The fraction of sp³-hybridized carbons (Fsp3) is 0. The third kappa shape index (κ3) is 4.52. The van der Waals surface area contributed by atoms with Crippen molar-refractivity contribution in [3.8, 4) is 56.6 Å². The van der Waals surface area contributed by atoms with E-state index in [1.54, 1.807) is 11.3 Å². The Bertz CT molecular complexity index is 3670. The Kier molecular flexibility index (Phi) is 6.54. The SMILES string of the molecule is c1ccc(-n2c3cc(-c4cccc(-c5nc(-c6ccc7ccccc7c6)c6c(n5)sc5ccccc56)c4)ccc3c3c4cccc5c4n(c32)-c2ccccc2O5)cc1. The van der Waals surface area contributed by atoms with E-state index < -0.39 is 0 Å². The van der Waals surface area contributed by atoms with Crippen LogP contribution in [-0.2, 0) is 0 Å². The van der Waals surface area contributed by atoms with Gasteiger partial charge in [-0.2, -0.15) is 0 Å². The number of nitrogens with zero attached hydrogens (tertiary/aromatic N) is 4. The summed E-state index contributed by atoms with van der Waals surface area (Å²) in [6.07, 6.45) is 0. The molecule has 5 nitrogen and oxygen atoms in total. The molecule has 0 saturated heterocycles. The van der Waals surface area contributed by atoms with E-state index in [2.05, 4.69) is 185 Å². The third-order valence-corrected chi connectivity index (χ3v) is 12.8. The lowest BCUT2D eigenvalue weighted by atomic mass is 10.00. The first kappa shape index (κ1) is 31.6. The summed E-state index contributed by atoms with van der Waals surface area (Å²) in [5.74, 6) is 2.44. The van der Waals surface area contributed by atoms with Crippen LogP contribution in [0.15, 0.2) is 182 Å². The molecule has 58 heavy (non-hydrogen) atoms. The van der Waals surface area contributed by atoms with E-state index in [1.165, 1.54) is 37.0 Å². The number of hydrogen-bond acceptors (Lipinski definition) is 4. The molecule has 1 aliphatic rings. The van der Waals surface area contributed by atoms with Gasteiger partial charge < -0.3 is 4.74 Å². The van der Waals surface area contributed by atoms with E-state index in [-0.39, 0.29) is 0 Å². The molecular formula is C52H30N4OS. The van der Waals surface area contributed by atoms with Crippen molar-refractivity contribution in [2.75, 3.05) is 0 Å². The molecule has 4 aromatic heterocycles. The highest BCUT2D eigenvalue weighted by Crippen LogP contribution is 2.49. The maximum absolute atomic E-state index is 6.48. The van der Waals surface area contributed by atoms with Crippen molar-refractivity contribution in [3.05, 3.63) is 182 Å². The monoisotopic (exact) mass is 758 g/mol. The van der Waals surface area contributed by atoms with Crippen LogP contribution in [0.25, 0.3) is 109 Å². The van der Waals surface area contributed by atoms with E-state index >= 15 is 0 Å². The highest BCUT2D eigenvalue weighted by Gasteiger charge is 2.28. The number of aromatic nitrogens is 4. The van der Waals surface area contributed by atoms with Gasteiger partial charge in [-0.1, -0.05) is 127 Å². The standard InChI is InChI=1S/C52H30N4OS/c1-2-16-37(17-3-1)55-42-30-34(26-27-38(42)46-40-19-11-22-44-49(40)56(52(46)55)41-20-7-8-21-43(41)57-44)33-14-10-15-36(29-33)50-53-48(35-25-24-31-12-4-5-13-32(31)28-35)47-39-18-6-9-23-45(39)58-51(47)54-50/h1-30H. The Labute approximate surface area is 336 Å². The van der Waals surface area contributed by atoms with Gasteiger partial charge in [0.25, 0.3) is 0 Å². The zero-order chi connectivity index (χ0) is 37.9. The Morgan fingerprint density at radius 1 is 0.466 bits per heavy atom. The van der Waals surface area contributed by atoms with Gasteiger partial charge in [-0.05, 0) is 76.5 Å². The number of para-hydroxylation sites is 4. The van der Waals surface area contributed by atoms with Gasteiger partial charge in [-0.15, -0.1) is 11.3 Å². The molecule has 0 unspecified atom stereocenters. The molecule has 6 heteroatoms. The summed E-state index contributed by atoms with van der Waals surface area (Å²) in [5, 5.41) is 8.27. The summed E-state index contributed by atoms with van der Waals surface area (Å²) in [6.45, 7) is 0. The molecule has 12 aromatic rings. The van der Waals surface area contributed by atoms with Gasteiger partial charge >= 0.3 is 0 Å². The highest BCUT2D eigenvalue weighted by molar-refractivity contribution is 7.25. The van der Waals surface area contributed by atoms with Crippen LogP contribution in [-0.4, -0.2) is 19.1 Å². The van der Waals surface area contributed by atoms with Crippen LogP contribution >= 0.6 is 11.3 Å². The van der Waals surface area contributed by atoms with Crippen LogP contribution in [0.1, 0.15) is 0 Å². The molecule has 0 N–H and O–H groups in total. The van der Waals surface area contributed by atoms with Crippen LogP contribution in [0.3, 0.4) is 0 Å². The molecule has 13 rings (SSSR count). The maximum atomic E-state index is 6.48. The third-order valence-electron chi connectivity index (χ3n) is 11.7. The molecule has 0 atom stereocenters. The minimum absolute atomic E-state index is 0.718. The van der Waals surface area contributed by atoms with Crippen LogP contribution in [0, 0.1) is 0 Å². The predicted octanol–water partition coefficient (Wildman–Crippen LogP) is 14.1. The molecule has 0 aliphatic carbocycles. The van der Waals surface area contributed by atoms with Crippen LogP contribution in [0.4, 0.5) is 0 Å². The zero-order valence-corrected chi connectivity index (χ0v) is 31.7. The molecular weight excluding hydrogens is 729 g/mol. The van der Waals surface area contributed by atoms with Crippen LogP contribution in [0.5, 0.6) is 11.5 Å². The maximum Gasteiger partial charge on any atom is 0.161 e. The van der Waals surface area contributed by atoms with Gasteiger partial charge in [0.05, 0.1) is 22.4 Å². The van der Waals surface area contributed by atoms with Crippen molar-refractivity contribution in [1.82, 2.24) is 19.1 Å². The summed E-state index contributed by atoms with van der Waals surface area (Å²) < 4.78 is 12.5. The number of rotatable bonds is 4. The normalized spacial score (nSPS) is 12.3. The number of ether oxygens (including phenoxy) is 1. The summed E-state index contributed by atoms with van der Waals surface area (Å²) in [7, 11) is 0. The van der Waals surface area contributed by atoms with E-state index in [1.807, 2.05) is 6.07 Å². The van der Waals surface area contributed by atoms with Gasteiger partial charge in [-0.3, -0.25) is 9.13 Å². The fourth-order valence-electron chi connectivity index (χ4n) is 9.13. The summed E-state index contributed by atoms with van der Waals surface area (Å²) in [5.41, 5.74) is 10.7. The Morgan fingerprint density at radius 2 is 1.21 bits per heavy atom. The van der Waals surface area contributed by atoms with Crippen molar-refractivity contribution in [1.29, 1.82) is 0 Å². The van der Waals surface area contributed by atoms with E-state index in [9.17, 15) is 0 Å². The first-order valence-electron chi connectivity index (χ1n) is 19.5. The largest absolute Gasteiger partial charge is 0.453 e. The zero-order valence-electron chi connectivity index (χ0n) is 30.9. The molecule has 0 radical (unpaired) electrons. The lowest BCUT2D eigenvalue weighted by Gasteiger charge is -2.21. The topological polar surface area (TPSA) is 44.9 Å². The molecule has 0 spiro atoms. The Balaban J connectivity index is 1.02. The molecule has 0 amide bonds. The second kappa shape index (κ2) is 12.0. The summed E-state index contributed by atoms with van der Waals surface area (Å²) in [4.78, 5) is 11.6. The molecule has 270 valence electrons. The quantitative estimate of drug-likeness (QED) is 0.180. The number of fused-ring (bicyclic) bond motifs is 11. The highest BCUT2D eigenvalue weighted by atomic mass is 32.1. The smallest absolute Gasteiger partial charge is 0.161 e. The number of thiophene rings is 1. The van der Waals surface area contributed by atoms with Crippen LogP contribution < -0.4 is 4.74 Å². The van der Waals surface area contributed by atoms with E-state index in [0.717, 1.165) is 83.5 Å². The van der Waals surface area contributed by atoms with Crippen molar-refractivity contribution in [2.45, 2.75) is 0 Å². The summed E-state index contributed by atoms with van der Waals surface area (Å²) >= 11 is 1.73. The first-order chi connectivity index (χ1) is 28.7. The van der Waals surface area contributed by atoms with E-state index in [4.69, 9.17) is 14.7 Å². The average molecular weight is 759 g/mol. The molecule has 5 heterocycles. The van der Waals surface area contributed by atoms with Gasteiger partial charge in [0, 0.05) is 48.4 Å². The molecule has 1 aliphatic heterocycles. The van der Waals surface area contributed by atoms with Crippen molar-refractivity contribution >= 4 is 75.3 Å². The Hall–Kier alpha value is -7.54. The lowest BCUT2D eigenvalue weighted by Crippen LogP contribution is -2.07. The minimum Gasteiger partial charge on any atom is -0.453 e. The molecule has 0 bridgehead atoms. The number of hydrogen-bond donors (Lipinski definition) is 0. The van der Waals surface area contributed by atoms with Crippen LogP contribution in [0.2, 0.25) is 0 Å². The minimum atomic E-state index is 0.718. The van der Waals surface area contributed by atoms with Gasteiger partial charge in [0.15, 0.2) is 17.3 Å². The molecule has 0 saturated carbocycles. The van der Waals surface area contributed by atoms with Gasteiger partial charge in [0.2, 0.25) is 0 Å². The van der Waals surface area contributed by atoms with Crippen molar-refractivity contribution < 1.29 is 4.74 Å². The van der Waals surface area contributed by atoms with Gasteiger partial charge in [-0.25, -0.2) is 9.97 Å². The average Bonchev–Trinajstić information content (AvgIpc) is 3.94. The van der Waals surface area contributed by atoms with E-state index in [0.29, 0.717) is 0 Å². The Morgan fingerprint density at radius 3 is 2.16 bits per heavy atom.